The molecule has 1 atom stereocenters. The largest absolute Gasteiger partial charge is 0.382 e. The van der Waals surface area contributed by atoms with Gasteiger partial charge in [-0.25, -0.2) is 4.39 Å². The molecule has 2 rings (SSSR count). The van der Waals surface area contributed by atoms with Crippen LogP contribution < -0.4 is 5.32 Å². The Morgan fingerprint density at radius 3 is 2.44 bits per heavy atom. The predicted octanol–water partition coefficient (Wildman–Crippen LogP) is 4.63. The lowest BCUT2D eigenvalue weighted by atomic mass is 10.1. The molecular weight excluding hydrogens is 293 g/mol. The van der Waals surface area contributed by atoms with E-state index in [0.717, 1.165) is 15.7 Å². The van der Waals surface area contributed by atoms with Gasteiger partial charge < -0.3 is 5.32 Å². The summed E-state index contributed by atoms with van der Waals surface area (Å²) < 4.78 is 14.6. The van der Waals surface area contributed by atoms with Crippen molar-refractivity contribution in [2.24, 2.45) is 0 Å². The molecule has 2 aromatic rings. The van der Waals surface area contributed by atoms with Gasteiger partial charge in [-0.3, -0.25) is 0 Å². The van der Waals surface area contributed by atoms with Gasteiger partial charge in [-0.2, -0.15) is 0 Å². The third-order valence-electron chi connectivity index (χ3n) is 2.74. The van der Waals surface area contributed by atoms with Crippen LogP contribution in [0.2, 0.25) is 0 Å². The summed E-state index contributed by atoms with van der Waals surface area (Å²) in [6, 6.07) is 15.1. The van der Waals surface area contributed by atoms with E-state index in [0.29, 0.717) is 6.42 Å². The molecule has 94 valence electrons. The summed E-state index contributed by atoms with van der Waals surface area (Å²) in [5.74, 6) is -0.137. The van der Waals surface area contributed by atoms with Crippen LogP contribution in [0.1, 0.15) is 12.5 Å². The summed E-state index contributed by atoms with van der Waals surface area (Å²) in [5, 5.41) is 3.36. The van der Waals surface area contributed by atoms with E-state index in [4.69, 9.17) is 0 Å². The number of benzene rings is 2. The van der Waals surface area contributed by atoms with Crippen LogP contribution in [0.4, 0.5) is 10.1 Å². The summed E-state index contributed by atoms with van der Waals surface area (Å²) >= 11 is 3.40. The van der Waals surface area contributed by atoms with Crippen LogP contribution in [0.15, 0.2) is 53.0 Å². The van der Waals surface area contributed by atoms with Crippen molar-refractivity contribution >= 4 is 21.6 Å². The lowest BCUT2D eigenvalue weighted by molar-refractivity contribution is 0.601. The van der Waals surface area contributed by atoms with Crippen LogP contribution >= 0.6 is 15.9 Å². The van der Waals surface area contributed by atoms with Crippen molar-refractivity contribution in [3.8, 4) is 0 Å². The third kappa shape index (κ3) is 3.57. The van der Waals surface area contributed by atoms with E-state index < -0.39 is 0 Å². The fourth-order valence-corrected chi connectivity index (χ4v) is 2.14. The van der Waals surface area contributed by atoms with Crippen molar-refractivity contribution in [1.29, 1.82) is 0 Å². The summed E-state index contributed by atoms with van der Waals surface area (Å²) in [6.07, 6.45) is 0.669. The Bertz CT molecular complexity index is 510. The monoisotopic (exact) mass is 307 g/mol. The molecule has 1 N–H and O–H groups in total. The molecule has 0 aromatic heterocycles. The highest BCUT2D eigenvalue weighted by atomic mass is 79.9. The lowest BCUT2D eigenvalue weighted by Crippen LogP contribution is -2.18. The van der Waals surface area contributed by atoms with Gasteiger partial charge >= 0.3 is 0 Å². The minimum atomic E-state index is -0.137. The van der Waals surface area contributed by atoms with Gasteiger partial charge in [0.2, 0.25) is 0 Å². The summed E-state index contributed by atoms with van der Waals surface area (Å²) in [6.45, 7) is 2.05. The van der Waals surface area contributed by atoms with Crippen LogP contribution in [-0.2, 0) is 6.42 Å². The number of hydrogen-bond donors (Lipinski definition) is 1. The Hall–Kier alpha value is -1.35. The molecule has 1 unspecified atom stereocenters. The van der Waals surface area contributed by atoms with Crippen molar-refractivity contribution in [3.05, 3.63) is 64.4 Å². The fraction of sp³-hybridized carbons (Fsp3) is 0.200. The molecule has 3 heteroatoms. The first kappa shape index (κ1) is 13.1. The second-order valence-electron chi connectivity index (χ2n) is 4.35. The second kappa shape index (κ2) is 6.01. The van der Waals surface area contributed by atoms with Crippen LogP contribution in [0.25, 0.3) is 0 Å². The zero-order valence-corrected chi connectivity index (χ0v) is 11.7. The zero-order chi connectivity index (χ0) is 13.0. The van der Waals surface area contributed by atoms with Crippen molar-refractivity contribution < 1.29 is 4.39 Å². The molecule has 0 heterocycles. The second-order valence-corrected chi connectivity index (χ2v) is 5.26. The van der Waals surface area contributed by atoms with Gasteiger partial charge in [0.15, 0.2) is 0 Å². The lowest BCUT2D eigenvalue weighted by Gasteiger charge is -2.15. The Kier molecular flexibility index (Phi) is 4.37. The molecule has 0 saturated heterocycles. The average molecular weight is 308 g/mol. The maximum absolute atomic E-state index is 13.5. The molecule has 0 fully saturated rings. The third-order valence-corrected chi connectivity index (χ3v) is 3.27. The van der Waals surface area contributed by atoms with Crippen molar-refractivity contribution in [1.82, 2.24) is 0 Å². The molecule has 0 bridgehead atoms. The van der Waals surface area contributed by atoms with Gasteiger partial charge in [-0.15, -0.1) is 0 Å². The standard InChI is InChI=1S/C15H15BrFN/c1-11(10-12-4-2-3-5-15(12)17)18-14-8-6-13(16)7-9-14/h2-9,11,18H,10H2,1H3. The molecular formula is C15H15BrFN. The van der Waals surface area contributed by atoms with Crippen LogP contribution in [0.5, 0.6) is 0 Å². The van der Waals surface area contributed by atoms with Crippen LogP contribution in [-0.4, -0.2) is 6.04 Å². The predicted molar refractivity (Wildman–Crippen MR) is 77.3 cm³/mol. The molecule has 0 radical (unpaired) electrons. The van der Waals surface area contributed by atoms with Crippen molar-refractivity contribution in [3.63, 3.8) is 0 Å². The van der Waals surface area contributed by atoms with Gasteiger partial charge in [0.25, 0.3) is 0 Å². The van der Waals surface area contributed by atoms with Gasteiger partial charge in [0.05, 0.1) is 0 Å². The molecule has 1 nitrogen and oxygen atoms in total. The van der Waals surface area contributed by atoms with Gasteiger partial charge in [-0.1, -0.05) is 34.1 Å². The Morgan fingerprint density at radius 1 is 1.11 bits per heavy atom. The quantitative estimate of drug-likeness (QED) is 0.868. The topological polar surface area (TPSA) is 12.0 Å². The fourth-order valence-electron chi connectivity index (χ4n) is 1.88. The maximum atomic E-state index is 13.5. The van der Waals surface area contributed by atoms with E-state index in [-0.39, 0.29) is 11.9 Å². The van der Waals surface area contributed by atoms with Crippen LogP contribution in [0.3, 0.4) is 0 Å². The summed E-state index contributed by atoms with van der Waals surface area (Å²) in [7, 11) is 0. The Balaban J connectivity index is 1.99. The molecule has 0 amide bonds. The number of rotatable bonds is 4. The molecule has 0 spiro atoms. The van der Waals surface area contributed by atoms with Gasteiger partial charge in [-0.05, 0) is 49.2 Å². The highest BCUT2D eigenvalue weighted by molar-refractivity contribution is 9.10. The summed E-state index contributed by atoms with van der Waals surface area (Å²) in [4.78, 5) is 0. The highest BCUT2D eigenvalue weighted by Gasteiger charge is 2.07. The van der Waals surface area contributed by atoms with E-state index in [2.05, 4.69) is 28.2 Å². The van der Waals surface area contributed by atoms with Gasteiger partial charge in [0, 0.05) is 16.2 Å². The first-order chi connectivity index (χ1) is 8.65. The number of anilines is 1. The number of nitrogens with one attached hydrogen (secondary N) is 1. The molecule has 18 heavy (non-hydrogen) atoms. The van der Waals surface area contributed by atoms with Crippen molar-refractivity contribution in [2.45, 2.75) is 19.4 Å². The molecule has 2 aromatic carbocycles. The minimum absolute atomic E-state index is 0.137. The van der Waals surface area contributed by atoms with Crippen molar-refractivity contribution in [2.75, 3.05) is 5.32 Å². The minimum Gasteiger partial charge on any atom is -0.382 e. The molecule has 0 aliphatic heterocycles. The number of hydrogen-bond acceptors (Lipinski definition) is 1. The van der Waals surface area contributed by atoms with E-state index >= 15 is 0 Å². The highest BCUT2D eigenvalue weighted by Crippen LogP contribution is 2.16. The molecule has 0 aliphatic carbocycles. The molecule has 0 saturated carbocycles. The van der Waals surface area contributed by atoms with E-state index in [1.54, 1.807) is 6.07 Å². The van der Waals surface area contributed by atoms with Gasteiger partial charge in [0.1, 0.15) is 5.82 Å². The molecule has 0 aliphatic rings. The Morgan fingerprint density at radius 2 is 1.78 bits per heavy atom. The van der Waals surface area contributed by atoms with Crippen LogP contribution in [0, 0.1) is 5.82 Å². The first-order valence-electron chi connectivity index (χ1n) is 5.90. The van der Waals surface area contributed by atoms with E-state index in [1.165, 1.54) is 6.07 Å². The smallest absolute Gasteiger partial charge is 0.126 e. The normalized spacial score (nSPS) is 12.2. The Labute approximate surface area is 115 Å². The zero-order valence-electron chi connectivity index (χ0n) is 10.2. The first-order valence-corrected chi connectivity index (χ1v) is 6.70. The SMILES string of the molecule is CC(Cc1ccccc1F)Nc1ccc(Br)cc1. The average Bonchev–Trinajstić information content (AvgIpc) is 2.35. The van der Waals surface area contributed by atoms with E-state index in [9.17, 15) is 4.39 Å². The number of halogens is 2. The maximum Gasteiger partial charge on any atom is 0.126 e. The summed E-state index contributed by atoms with van der Waals surface area (Å²) in [5.41, 5.74) is 1.79. The van der Waals surface area contributed by atoms with E-state index in [1.807, 2.05) is 36.4 Å².